The van der Waals surface area contributed by atoms with E-state index in [0.717, 1.165) is 31.9 Å². The van der Waals surface area contributed by atoms with Crippen molar-refractivity contribution in [3.63, 3.8) is 0 Å². The summed E-state index contributed by atoms with van der Waals surface area (Å²) in [5.41, 5.74) is 0. The Labute approximate surface area is 102 Å². The fourth-order valence-electron chi connectivity index (χ4n) is 2.38. The Balaban J connectivity index is 2.16. The molecule has 1 saturated heterocycles. The van der Waals surface area contributed by atoms with Gasteiger partial charge in [0.2, 0.25) is 0 Å². The first-order valence-electron chi connectivity index (χ1n) is 5.88. The van der Waals surface area contributed by atoms with Crippen LogP contribution in [0, 0.1) is 5.92 Å². The van der Waals surface area contributed by atoms with E-state index < -0.39 is 0 Å². The second-order valence-corrected chi connectivity index (χ2v) is 4.99. The summed E-state index contributed by atoms with van der Waals surface area (Å²) in [5.74, 6) is 1.52. The number of hydrogen-bond acceptors (Lipinski definition) is 3. The van der Waals surface area contributed by atoms with Crippen LogP contribution in [-0.2, 0) is 0 Å². The normalized spacial score (nSPS) is 20.2. The quantitative estimate of drug-likeness (QED) is 0.883. The zero-order valence-electron chi connectivity index (χ0n) is 9.87. The molecule has 1 N–H and O–H groups in total. The first-order chi connectivity index (χ1) is 7.68. The number of halogens is 1. The van der Waals surface area contributed by atoms with Gasteiger partial charge in [0.05, 0.1) is 6.04 Å². The fraction of sp³-hybridized carbons (Fsp3) is 0.667. The van der Waals surface area contributed by atoms with Gasteiger partial charge in [-0.3, -0.25) is 4.90 Å². The Kier molecular flexibility index (Phi) is 3.90. The molecule has 1 aromatic rings. The van der Waals surface area contributed by atoms with E-state index >= 15 is 0 Å². The van der Waals surface area contributed by atoms with Crippen molar-refractivity contribution in [3.8, 4) is 0 Å². The molecule has 2 rings (SSSR count). The molecular formula is C12H19ClN2O. The molecule has 90 valence electrons. The summed E-state index contributed by atoms with van der Waals surface area (Å²) < 4.78 is 5.56. The Morgan fingerprint density at radius 1 is 1.31 bits per heavy atom. The lowest BCUT2D eigenvalue weighted by Crippen LogP contribution is -2.46. The number of piperazine rings is 1. The largest absolute Gasteiger partial charge is 0.448 e. The summed E-state index contributed by atoms with van der Waals surface area (Å²) >= 11 is 5.85. The molecule has 1 aromatic heterocycles. The molecule has 0 radical (unpaired) electrons. The summed E-state index contributed by atoms with van der Waals surface area (Å²) in [6.45, 7) is 8.70. The van der Waals surface area contributed by atoms with Gasteiger partial charge >= 0.3 is 0 Å². The lowest BCUT2D eigenvalue weighted by molar-refractivity contribution is 0.119. The van der Waals surface area contributed by atoms with E-state index in [-0.39, 0.29) is 0 Å². The number of furan rings is 1. The van der Waals surface area contributed by atoms with Gasteiger partial charge < -0.3 is 9.73 Å². The zero-order chi connectivity index (χ0) is 11.5. The average molecular weight is 243 g/mol. The van der Waals surface area contributed by atoms with Crippen LogP contribution in [0.3, 0.4) is 0 Å². The Morgan fingerprint density at radius 2 is 2.00 bits per heavy atom. The van der Waals surface area contributed by atoms with Crippen LogP contribution in [0.25, 0.3) is 0 Å². The van der Waals surface area contributed by atoms with E-state index in [2.05, 4.69) is 24.1 Å². The fourth-order valence-corrected chi connectivity index (χ4v) is 2.53. The molecule has 1 fully saturated rings. The van der Waals surface area contributed by atoms with E-state index in [4.69, 9.17) is 16.0 Å². The van der Waals surface area contributed by atoms with Gasteiger partial charge in [-0.2, -0.15) is 0 Å². The maximum absolute atomic E-state index is 5.85. The van der Waals surface area contributed by atoms with Crippen LogP contribution in [-0.4, -0.2) is 31.1 Å². The van der Waals surface area contributed by atoms with Crippen molar-refractivity contribution in [2.24, 2.45) is 5.92 Å². The van der Waals surface area contributed by atoms with Crippen LogP contribution in [0.5, 0.6) is 0 Å². The molecule has 4 heteroatoms. The Morgan fingerprint density at radius 3 is 2.50 bits per heavy atom. The van der Waals surface area contributed by atoms with Crippen LogP contribution in [0.1, 0.15) is 25.6 Å². The van der Waals surface area contributed by atoms with E-state index in [1.807, 2.05) is 12.1 Å². The molecule has 16 heavy (non-hydrogen) atoms. The number of hydrogen-bond donors (Lipinski definition) is 1. The van der Waals surface area contributed by atoms with Crippen molar-refractivity contribution in [2.75, 3.05) is 26.2 Å². The summed E-state index contributed by atoms with van der Waals surface area (Å²) in [5, 5.41) is 3.85. The first-order valence-corrected chi connectivity index (χ1v) is 6.26. The summed E-state index contributed by atoms with van der Waals surface area (Å²) in [6.07, 6.45) is 0. The van der Waals surface area contributed by atoms with E-state index in [0.29, 0.717) is 17.2 Å². The van der Waals surface area contributed by atoms with Gasteiger partial charge in [-0.05, 0) is 29.7 Å². The molecule has 2 heterocycles. The minimum Gasteiger partial charge on any atom is -0.448 e. The van der Waals surface area contributed by atoms with Gasteiger partial charge in [-0.25, -0.2) is 0 Å². The number of rotatable bonds is 3. The molecule has 3 nitrogen and oxygen atoms in total. The lowest BCUT2D eigenvalue weighted by atomic mass is 9.99. The minimum absolute atomic E-state index is 0.342. The third-order valence-corrected chi connectivity index (χ3v) is 3.27. The molecule has 0 saturated carbocycles. The molecule has 0 aliphatic carbocycles. The van der Waals surface area contributed by atoms with E-state index in [9.17, 15) is 0 Å². The Bertz CT molecular complexity index is 332. The molecule has 0 bridgehead atoms. The van der Waals surface area contributed by atoms with Gasteiger partial charge in [-0.1, -0.05) is 13.8 Å². The molecular weight excluding hydrogens is 224 g/mol. The minimum atomic E-state index is 0.342. The smallest absolute Gasteiger partial charge is 0.193 e. The molecule has 1 aliphatic rings. The zero-order valence-corrected chi connectivity index (χ0v) is 10.6. The summed E-state index contributed by atoms with van der Waals surface area (Å²) in [4.78, 5) is 2.47. The summed E-state index contributed by atoms with van der Waals surface area (Å²) in [7, 11) is 0. The van der Waals surface area contributed by atoms with Gasteiger partial charge in [0.1, 0.15) is 5.76 Å². The predicted octanol–water partition coefficient (Wildman–Crippen LogP) is 2.54. The Hall–Kier alpha value is -0.510. The maximum Gasteiger partial charge on any atom is 0.193 e. The second kappa shape index (κ2) is 5.21. The molecule has 1 unspecified atom stereocenters. The second-order valence-electron chi connectivity index (χ2n) is 4.62. The summed E-state index contributed by atoms with van der Waals surface area (Å²) in [6, 6.07) is 4.17. The highest BCUT2D eigenvalue weighted by Crippen LogP contribution is 2.31. The van der Waals surface area contributed by atoms with Crippen LogP contribution < -0.4 is 5.32 Å². The maximum atomic E-state index is 5.85. The highest BCUT2D eigenvalue weighted by Gasteiger charge is 2.27. The van der Waals surface area contributed by atoms with Crippen molar-refractivity contribution in [3.05, 3.63) is 23.1 Å². The molecule has 0 amide bonds. The molecule has 0 aromatic carbocycles. The van der Waals surface area contributed by atoms with Gasteiger partial charge in [0.25, 0.3) is 0 Å². The van der Waals surface area contributed by atoms with Gasteiger partial charge in [0, 0.05) is 26.2 Å². The molecule has 1 aliphatic heterocycles. The highest BCUT2D eigenvalue weighted by atomic mass is 35.5. The lowest BCUT2D eigenvalue weighted by Gasteiger charge is -2.35. The topological polar surface area (TPSA) is 28.4 Å². The third-order valence-electron chi connectivity index (χ3n) is 3.06. The van der Waals surface area contributed by atoms with Crippen molar-refractivity contribution < 1.29 is 4.42 Å². The van der Waals surface area contributed by atoms with Crippen LogP contribution in [0.4, 0.5) is 0 Å². The number of nitrogens with zero attached hydrogens (tertiary/aromatic N) is 1. The molecule has 0 spiro atoms. The van der Waals surface area contributed by atoms with Crippen LogP contribution in [0.15, 0.2) is 16.5 Å². The number of nitrogens with one attached hydrogen (secondary N) is 1. The predicted molar refractivity (Wildman–Crippen MR) is 65.7 cm³/mol. The average Bonchev–Trinajstić information content (AvgIpc) is 2.66. The van der Waals surface area contributed by atoms with Gasteiger partial charge in [0.15, 0.2) is 5.22 Å². The van der Waals surface area contributed by atoms with Crippen LogP contribution >= 0.6 is 11.6 Å². The molecule has 1 atom stereocenters. The van der Waals surface area contributed by atoms with Crippen molar-refractivity contribution in [2.45, 2.75) is 19.9 Å². The monoisotopic (exact) mass is 242 g/mol. The van der Waals surface area contributed by atoms with Crippen molar-refractivity contribution >= 4 is 11.6 Å². The van der Waals surface area contributed by atoms with E-state index in [1.165, 1.54) is 0 Å². The van der Waals surface area contributed by atoms with Crippen molar-refractivity contribution in [1.82, 2.24) is 10.2 Å². The first kappa shape index (κ1) is 12.0. The van der Waals surface area contributed by atoms with Crippen molar-refractivity contribution in [1.29, 1.82) is 0 Å². The highest BCUT2D eigenvalue weighted by molar-refractivity contribution is 6.28. The third kappa shape index (κ3) is 2.59. The van der Waals surface area contributed by atoms with Crippen LogP contribution in [0.2, 0.25) is 5.22 Å². The van der Waals surface area contributed by atoms with Gasteiger partial charge in [-0.15, -0.1) is 0 Å². The van der Waals surface area contributed by atoms with E-state index in [1.54, 1.807) is 0 Å². The SMILES string of the molecule is CC(C)C(c1ccc(Cl)o1)N1CCNCC1. The standard InChI is InChI=1S/C12H19ClN2O/c1-9(2)12(10-3-4-11(13)16-10)15-7-5-14-6-8-15/h3-4,9,12,14H,5-8H2,1-2H3.